The van der Waals surface area contributed by atoms with Crippen molar-refractivity contribution in [1.29, 1.82) is 0 Å². The molecular weight excluding hydrogens is 310 g/mol. The second kappa shape index (κ2) is 7.01. The largest absolute Gasteiger partial charge is 0.308 e. The van der Waals surface area contributed by atoms with E-state index >= 15 is 0 Å². The number of hydrogen-bond acceptors (Lipinski definition) is 4. The Bertz CT molecular complexity index is 361. The van der Waals surface area contributed by atoms with Gasteiger partial charge in [-0.3, -0.25) is 4.90 Å². The molecule has 2 rings (SSSR count). The van der Waals surface area contributed by atoms with Gasteiger partial charge in [-0.25, -0.2) is 0 Å². The molecule has 1 atom stereocenters. The van der Waals surface area contributed by atoms with Gasteiger partial charge in [0, 0.05) is 54.7 Å². The molecule has 18 heavy (non-hydrogen) atoms. The summed E-state index contributed by atoms with van der Waals surface area (Å²) in [6, 6.07) is 2.66. The smallest absolute Gasteiger partial charge is 0.0327 e. The van der Waals surface area contributed by atoms with Gasteiger partial charge in [0.15, 0.2) is 0 Å². The van der Waals surface area contributed by atoms with Crippen LogP contribution >= 0.6 is 27.3 Å². The predicted octanol–water partition coefficient (Wildman–Crippen LogP) is 2.24. The summed E-state index contributed by atoms with van der Waals surface area (Å²) in [4.78, 5) is 6.35. The van der Waals surface area contributed by atoms with Gasteiger partial charge in [-0.15, -0.1) is 11.3 Å². The Hall–Kier alpha value is 0.0600. The van der Waals surface area contributed by atoms with Crippen LogP contribution in [-0.4, -0.2) is 55.6 Å². The van der Waals surface area contributed by atoms with Crippen LogP contribution in [0.25, 0.3) is 0 Å². The lowest BCUT2D eigenvalue weighted by Crippen LogP contribution is -2.48. The van der Waals surface area contributed by atoms with Crippen LogP contribution in [0.1, 0.15) is 11.8 Å². The van der Waals surface area contributed by atoms with Crippen LogP contribution in [0.2, 0.25) is 0 Å². The van der Waals surface area contributed by atoms with Crippen LogP contribution in [0.15, 0.2) is 15.9 Å². The Morgan fingerprint density at radius 1 is 1.39 bits per heavy atom. The Balaban J connectivity index is 1.69. The SMILES string of the molecule is C[C@H](CN1CCN(C)CC1)NCc1sccc1Br. The van der Waals surface area contributed by atoms with Crippen molar-refractivity contribution in [2.24, 2.45) is 0 Å². The number of likely N-dealkylation sites (N-methyl/N-ethyl adjacent to an activating group) is 1. The lowest BCUT2D eigenvalue weighted by molar-refractivity contribution is 0.144. The summed E-state index contributed by atoms with van der Waals surface area (Å²) in [5.74, 6) is 0. The number of hydrogen-bond donors (Lipinski definition) is 1. The Morgan fingerprint density at radius 2 is 2.11 bits per heavy atom. The molecule has 1 aliphatic heterocycles. The zero-order chi connectivity index (χ0) is 13.0. The van der Waals surface area contributed by atoms with Crippen LogP contribution in [0.5, 0.6) is 0 Å². The second-order valence-electron chi connectivity index (χ2n) is 5.08. The summed E-state index contributed by atoms with van der Waals surface area (Å²) in [6.07, 6.45) is 0. The molecule has 2 heterocycles. The van der Waals surface area contributed by atoms with Gasteiger partial charge in [0.25, 0.3) is 0 Å². The van der Waals surface area contributed by atoms with Gasteiger partial charge in [0.05, 0.1) is 0 Å². The molecule has 0 aliphatic carbocycles. The first-order valence-corrected chi connectivity index (χ1v) is 8.18. The highest BCUT2D eigenvalue weighted by Crippen LogP contribution is 2.22. The van der Waals surface area contributed by atoms with Crippen molar-refractivity contribution in [1.82, 2.24) is 15.1 Å². The maximum absolute atomic E-state index is 3.61. The van der Waals surface area contributed by atoms with Crippen LogP contribution in [0.4, 0.5) is 0 Å². The molecule has 1 fully saturated rings. The van der Waals surface area contributed by atoms with Gasteiger partial charge in [0.1, 0.15) is 0 Å². The van der Waals surface area contributed by atoms with E-state index in [2.05, 4.69) is 56.5 Å². The van der Waals surface area contributed by atoms with Crippen molar-refractivity contribution in [3.63, 3.8) is 0 Å². The molecule has 1 N–H and O–H groups in total. The number of rotatable bonds is 5. The maximum atomic E-state index is 3.61. The van der Waals surface area contributed by atoms with E-state index in [1.54, 1.807) is 0 Å². The third-order valence-corrected chi connectivity index (χ3v) is 5.36. The summed E-state index contributed by atoms with van der Waals surface area (Å²) in [5, 5.41) is 5.74. The molecule has 0 saturated carbocycles. The fourth-order valence-corrected chi connectivity index (χ4v) is 3.64. The third-order valence-electron chi connectivity index (χ3n) is 3.43. The number of piperazine rings is 1. The van der Waals surface area contributed by atoms with Crippen molar-refractivity contribution in [2.45, 2.75) is 19.5 Å². The van der Waals surface area contributed by atoms with E-state index in [-0.39, 0.29) is 0 Å². The van der Waals surface area contributed by atoms with Crippen molar-refractivity contribution in [3.8, 4) is 0 Å². The molecule has 5 heteroatoms. The highest BCUT2D eigenvalue weighted by atomic mass is 79.9. The van der Waals surface area contributed by atoms with E-state index in [9.17, 15) is 0 Å². The highest BCUT2D eigenvalue weighted by Gasteiger charge is 2.15. The quantitative estimate of drug-likeness (QED) is 0.892. The normalized spacial score (nSPS) is 20.2. The fraction of sp³-hybridized carbons (Fsp3) is 0.692. The van der Waals surface area contributed by atoms with Gasteiger partial charge < -0.3 is 10.2 Å². The summed E-state index contributed by atoms with van der Waals surface area (Å²) in [5.41, 5.74) is 0. The molecule has 0 aromatic carbocycles. The number of nitrogens with one attached hydrogen (secondary N) is 1. The molecule has 1 aromatic heterocycles. The zero-order valence-electron chi connectivity index (χ0n) is 11.2. The van der Waals surface area contributed by atoms with Gasteiger partial charge in [0.2, 0.25) is 0 Å². The first-order chi connectivity index (χ1) is 8.65. The maximum Gasteiger partial charge on any atom is 0.0327 e. The minimum atomic E-state index is 0.544. The lowest BCUT2D eigenvalue weighted by atomic mass is 10.2. The monoisotopic (exact) mass is 331 g/mol. The van der Waals surface area contributed by atoms with Crippen molar-refractivity contribution >= 4 is 27.3 Å². The first-order valence-electron chi connectivity index (χ1n) is 6.51. The molecule has 0 spiro atoms. The van der Waals surface area contributed by atoms with E-state index in [1.807, 2.05) is 11.3 Å². The molecule has 0 radical (unpaired) electrons. The van der Waals surface area contributed by atoms with Crippen molar-refractivity contribution in [3.05, 3.63) is 20.8 Å². The second-order valence-corrected chi connectivity index (χ2v) is 6.93. The molecule has 0 unspecified atom stereocenters. The average Bonchev–Trinajstić information content (AvgIpc) is 2.75. The standard InChI is InChI=1S/C13H22BrN3S/c1-11(10-17-6-4-16(2)5-7-17)15-9-13-12(14)3-8-18-13/h3,8,11,15H,4-7,9-10H2,1-2H3/t11-/m1/s1. The molecular formula is C13H22BrN3S. The third kappa shape index (κ3) is 4.31. The predicted molar refractivity (Wildman–Crippen MR) is 82.3 cm³/mol. The highest BCUT2D eigenvalue weighted by molar-refractivity contribution is 9.10. The van der Waals surface area contributed by atoms with E-state index < -0.39 is 0 Å². The number of nitrogens with zero attached hydrogens (tertiary/aromatic N) is 2. The van der Waals surface area contributed by atoms with E-state index in [4.69, 9.17) is 0 Å². The van der Waals surface area contributed by atoms with E-state index in [0.717, 1.165) is 13.1 Å². The van der Waals surface area contributed by atoms with Gasteiger partial charge in [-0.2, -0.15) is 0 Å². The van der Waals surface area contributed by atoms with Gasteiger partial charge >= 0.3 is 0 Å². The average molecular weight is 332 g/mol. The van der Waals surface area contributed by atoms with Crippen LogP contribution < -0.4 is 5.32 Å². The molecule has 1 aliphatic rings. The minimum Gasteiger partial charge on any atom is -0.308 e. The summed E-state index contributed by atoms with van der Waals surface area (Å²) < 4.78 is 1.23. The molecule has 0 bridgehead atoms. The lowest BCUT2D eigenvalue weighted by Gasteiger charge is -2.34. The van der Waals surface area contributed by atoms with Gasteiger partial charge in [-0.05, 0) is 41.3 Å². The Kier molecular flexibility index (Phi) is 5.63. The molecule has 1 aromatic rings. The molecule has 1 saturated heterocycles. The fourth-order valence-electron chi connectivity index (χ4n) is 2.20. The van der Waals surface area contributed by atoms with Crippen LogP contribution in [0.3, 0.4) is 0 Å². The number of halogens is 1. The zero-order valence-corrected chi connectivity index (χ0v) is 13.6. The Labute approximate surface area is 122 Å². The topological polar surface area (TPSA) is 18.5 Å². The van der Waals surface area contributed by atoms with Crippen molar-refractivity contribution < 1.29 is 0 Å². The van der Waals surface area contributed by atoms with Crippen molar-refractivity contribution in [2.75, 3.05) is 39.8 Å². The van der Waals surface area contributed by atoms with E-state index in [1.165, 1.54) is 35.5 Å². The first kappa shape index (κ1) is 14.5. The molecule has 102 valence electrons. The number of thiophene rings is 1. The van der Waals surface area contributed by atoms with Crippen LogP contribution in [0, 0.1) is 0 Å². The summed E-state index contributed by atoms with van der Waals surface area (Å²) in [7, 11) is 2.20. The Morgan fingerprint density at radius 3 is 2.72 bits per heavy atom. The summed E-state index contributed by atoms with van der Waals surface area (Å²) >= 11 is 5.38. The summed E-state index contributed by atoms with van der Waals surface area (Å²) in [6.45, 7) is 9.19. The molecule has 3 nitrogen and oxygen atoms in total. The van der Waals surface area contributed by atoms with Crippen LogP contribution in [-0.2, 0) is 6.54 Å². The molecule has 0 amide bonds. The minimum absolute atomic E-state index is 0.544. The van der Waals surface area contributed by atoms with Gasteiger partial charge in [-0.1, -0.05) is 0 Å². The van der Waals surface area contributed by atoms with E-state index in [0.29, 0.717) is 6.04 Å².